The molecule has 1 unspecified atom stereocenters. The monoisotopic (exact) mass is 295 g/mol. The van der Waals surface area contributed by atoms with E-state index in [1.807, 2.05) is 6.20 Å². The molecule has 1 N–H and O–H groups in total. The zero-order chi connectivity index (χ0) is 11.4. The SMILES string of the molecule is COCCCn1c(C)cnc1C1CCNC1.Cl.Cl. The zero-order valence-electron chi connectivity index (χ0n) is 11.0. The van der Waals surface area contributed by atoms with Gasteiger partial charge >= 0.3 is 0 Å². The van der Waals surface area contributed by atoms with Crippen LogP contribution in [0, 0.1) is 6.92 Å². The number of ether oxygens (including phenoxy) is 1. The molecular formula is C12H23Cl2N3O. The fourth-order valence-corrected chi connectivity index (χ4v) is 2.34. The first-order chi connectivity index (χ1) is 7.83. The van der Waals surface area contributed by atoms with E-state index in [9.17, 15) is 0 Å². The molecule has 1 atom stereocenters. The molecule has 0 aliphatic carbocycles. The first-order valence-corrected chi connectivity index (χ1v) is 6.04. The van der Waals surface area contributed by atoms with Gasteiger partial charge in [-0.25, -0.2) is 4.98 Å². The second kappa shape index (κ2) is 8.75. The Hall–Kier alpha value is -0.290. The highest BCUT2D eigenvalue weighted by Crippen LogP contribution is 2.22. The molecule has 0 spiro atoms. The molecule has 106 valence electrons. The van der Waals surface area contributed by atoms with E-state index in [-0.39, 0.29) is 24.8 Å². The maximum Gasteiger partial charge on any atom is 0.113 e. The molecule has 1 aromatic rings. The third-order valence-electron chi connectivity index (χ3n) is 3.24. The van der Waals surface area contributed by atoms with Gasteiger partial charge in [0.25, 0.3) is 0 Å². The Morgan fingerprint density at radius 2 is 2.28 bits per heavy atom. The Labute approximate surface area is 121 Å². The minimum absolute atomic E-state index is 0. The predicted molar refractivity (Wildman–Crippen MR) is 78.2 cm³/mol. The molecular weight excluding hydrogens is 273 g/mol. The second-order valence-electron chi connectivity index (χ2n) is 4.45. The van der Waals surface area contributed by atoms with Crippen LogP contribution in [0.2, 0.25) is 0 Å². The van der Waals surface area contributed by atoms with Gasteiger partial charge in [0, 0.05) is 44.6 Å². The van der Waals surface area contributed by atoms with E-state index in [1.54, 1.807) is 7.11 Å². The molecule has 6 heteroatoms. The van der Waals surface area contributed by atoms with Crippen molar-refractivity contribution in [1.29, 1.82) is 0 Å². The Morgan fingerprint density at radius 3 is 2.89 bits per heavy atom. The third kappa shape index (κ3) is 4.12. The van der Waals surface area contributed by atoms with Crippen LogP contribution in [-0.4, -0.2) is 36.4 Å². The van der Waals surface area contributed by atoms with Crippen molar-refractivity contribution in [2.24, 2.45) is 0 Å². The van der Waals surface area contributed by atoms with Crippen molar-refractivity contribution in [2.45, 2.75) is 32.2 Å². The van der Waals surface area contributed by atoms with E-state index >= 15 is 0 Å². The summed E-state index contributed by atoms with van der Waals surface area (Å²) in [6.45, 7) is 6.16. The van der Waals surface area contributed by atoms with Crippen LogP contribution in [0.3, 0.4) is 0 Å². The molecule has 0 radical (unpaired) electrons. The fraction of sp³-hybridized carbons (Fsp3) is 0.750. The van der Waals surface area contributed by atoms with Crippen LogP contribution in [0.1, 0.15) is 30.3 Å². The lowest BCUT2D eigenvalue weighted by molar-refractivity contribution is 0.189. The number of hydrogen-bond donors (Lipinski definition) is 1. The molecule has 4 nitrogen and oxygen atoms in total. The molecule has 0 bridgehead atoms. The number of hydrogen-bond acceptors (Lipinski definition) is 3. The van der Waals surface area contributed by atoms with Gasteiger partial charge in [-0.2, -0.15) is 0 Å². The van der Waals surface area contributed by atoms with Crippen molar-refractivity contribution in [3.05, 3.63) is 17.7 Å². The van der Waals surface area contributed by atoms with Gasteiger partial charge in [-0.15, -0.1) is 24.8 Å². The number of aromatic nitrogens is 2. The molecule has 1 fully saturated rings. The maximum atomic E-state index is 5.10. The van der Waals surface area contributed by atoms with E-state index in [1.165, 1.54) is 17.9 Å². The topological polar surface area (TPSA) is 39.1 Å². The van der Waals surface area contributed by atoms with Crippen LogP contribution in [0.4, 0.5) is 0 Å². The van der Waals surface area contributed by atoms with Gasteiger partial charge in [0.05, 0.1) is 0 Å². The minimum atomic E-state index is 0. The van der Waals surface area contributed by atoms with Crippen LogP contribution < -0.4 is 5.32 Å². The molecule has 0 aromatic carbocycles. The van der Waals surface area contributed by atoms with E-state index in [0.29, 0.717) is 5.92 Å². The predicted octanol–water partition coefficient (Wildman–Crippen LogP) is 2.15. The molecule has 2 rings (SSSR count). The average molecular weight is 296 g/mol. The molecule has 0 amide bonds. The Balaban J connectivity index is 0.00000144. The van der Waals surface area contributed by atoms with Crippen LogP contribution in [0.15, 0.2) is 6.20 Å². The van der Waals surface area contributed by atoms with Gasteiger partial charge in [0.1, 0.15) is 5.82 Å². The summed E-state index contributed by atoms with van der Waals surface area (Å²) in [4.78, 5) is 4.56. The molecule has 0 saturated carbocycles. The number of nitrogens with zero attached hydrogens (tertiary/aromatic N) is 2. The maximum absolute atomic E-state index is 5.10. The number of halogens is 2. The van der Waals surface area contributed by atoms with Crippen LogP contribution in [-0.2, 0) is 11.3 Å². The van der Waals surface area contributed by atoms with E-state index in [4.69, 9.17) is 4.74 Å². The van der Waals surface area contributed by atoms with Crippen LogP contribution >= 0.6 is 24.8 Å². The molecule has 1 aromatic heterocycles. The first kappa shape index (κ1) is 17.7. The summed E-state index contributed by atoms with van der Waals surface area (Å²) in [6, 6.07) is 0. The average Bonchev–Trinajstić information content (AvgIpc) is 2.89. The number of methoxy groups -OCH3 is 1. The van der Waals surface area contributed by atoms with Crippen molar-refractivity contribution < 1.29 is 4.74 Å². The Bertz CT molecular complexity index is 338. The standard InChI is InChI=1S/C12H21N3O.2ClH/c1-10-8-14-12(11-4-5-13-9-11)15(10)6-3-7-16-2;;/h8,11,13H,3-7,9H2,1-2H3;2*1H. The summed E-state index contributed by atoms with van der Waals surface area (Å²) in [7, 11) is 1.75. The van der Waals surface area contributed by atoms with Gasteiger partial charge in [0.15, 0.2) is 0 Å². The molecule has 2 heterocycles. The minimum Gasteiger partial charge on any atom is -0.385 e. The Kier molecular flexibility index (Phi) is 8.61. The van der Waals surface area contributed by atoms with Crippen molar-refractivity contribution in [3.63, 3.8) is 0 Å². The largest absolute Gasteiger partial charge is 0.385 e. The van der Waals surface area contributed by atoms with Crippen molar-refractivity contribution in [2.75, 3.05) is 26.8 Å². The summed E-state index contributed by atoms with van der Waals surface area (Å²) in [5, 5.41) is 3.40. The van der Waals surface area contributed by atoms with Gasteiger partial charge in [-0.05, 0) is 26.3 Å². The van der Waals surface area contributed by atoms with Crippen LogP contribution in [0.25, 0.3) is 0 Å². The number of aryl methyl sites for hydroxylation is 1. The Morgan fingerprint density at radius 1 is 1.50 bits per heavy atom. The van der Waals surface area contributed by atoms with E-state index in [2.05, 4.69) is 21.8 Å². The number of rotatable bonds is 5. The fourth-order valence-electron chi connectivity index (χ4n) is 2.34. The number of imidazole rings is 1. The third-order valence-corrected chi connectivity index (χ3v) is 3.24. The van der Waals surface area contributed by atoms with Gasteiger partial charge in [-0.1, -0.05) is 0 Å². The van der Waals surface area contributed by atoms with Gasteiger partial charge < -0.3 is 14.6 Å². The van der Waals surface area contributed by atoms with E-state index < -0.39 is 0 Å². The quantitative estimate of drug-likeness (QED) is 0.846. The van der Waals surface area contributed by atoms with Crippen molar-refractivity contribution >= 4 is 24.8 Å². The molecule has 1 aliphatic rings. The zero-order valence-corrected chi connectivity index (χ0v) is 12.6. The van der Waals surface area contributed by atoms with Crippen molar-refractivity contribution in [1.82, 2.24) is 14.9 Å². The first-order valence-electron chi connectivity index (χ1n) is 6.04. The summed E-state index contributed by atoms with van der Waals surface area (Å²) in [5.74, 6) is 1.84. The van der Waals surface area contributed by atoms with Gasteiger partial charge in [-0.3, -0.25) is 0 Å². The smallest absolute Gasteiger partial charge is 0.113 e. The number of nitrogens with one attached hydrogen (secondary N) is 1. The van der Waals surface area contributed by atoms with Crippen molar-refractivity contribution in [3.8, 4) is 0 Å². The highest BCUT2D eigenvalue weighted by molar-refractivity contribution is 5.85. The second-order valence-corrected chi connectivity index (χ2v) is 4.45. The lowest BCUT2D eigenvalue weighted by Crippen LogP contribution is -2.14. The normalized spacial score (nSPS) is 18.2. The lowest BCUT2D eigenvalue weighted by Gasteiger charge is -2.13. The highest BCUT2D eigenvalue weighted by Gasteiger charge is 2.21. The highest BCUT2D eigenvalue weighted by atomic mass is 35.5. The molecule has 18 heavy (non-hydrogen) atoms. The summed E-state index contributed by atoms with van der Waals surface area (Å²) < 4.78 is 7.44. The summed E-state index contributed by atoms with van der Waals surface area (Å²) in [5.41, 5.74) is 1.26. The van der Waals surface area contributed by atoms with Crippen LogP contribution in [0.5, 0.6) is 0 Å². The summed E-state index contributed by atoms with van der Waals surface area (Å²) in [6.07, 6.45) is 4.25. The molecule has 1 saturated heterocycles. The lowest BCUT2D eigenvalue weighted by atomic mass is 10.1. The molecule has 1 aliphatic heterocycles. The van der Waals surface area contributed by atoms with Gasteiger partial charge in [0.2, 0.25) is 0 Å². The summed E-state index contributed by atoms with van der Waals surface area (Å²) >= 11 is 0. The van der Waals surface area contributed by atoms with E-state index in [0.717, 1.165) is 32.7 Å².